The first kappa shape index (κ1) is 20.7. The Kier molecular flexibility index (Phi) is 7.03. The monoisotopic (exact) mass is 333 g/mol. The number of ether oxygens (including phenoxy) is 1. The molecule has 0 spiro atoms. The second-order valence-electron chi connectivity index (χ2n) is 8.58. The maximum Gasteiger partial charge on any atom is 0.251 e. The minimum atomic E-state index is -0.306. The highest BCUT2D eigenvalue weighted by molar-refractivity contribution is 5.97. The van der Waals surface area contributed by atoms with Crippen LogP contribution in [0.4, 0.5) is 0 Å². The molecule has 0 saturated heterocycles. The Morgan fingerprint density at radius 3 is 2.46 bits per heavy atom. The maximum absolute atomic E-state index is 12.5. The summed E-state index contributed by atoms with van der Waals surface area (Å²) in [4.78, 5) is 12.5. The largest absolute Gasteiger partial charge is 0.375 e. The van der Waals surface area contributed by atoms with Crippen LogP contribution in [-0.4, -0.2) is 23.7 Å². The number of hydrogen-bond donors (Lipinski definition) is 1. The van der Waals surface area contributed by atoms with E-state index in [4.69, 9.17) is 4.74 Å². The highest BCUT2D eigenvalue weighted by Gasteiger charge is 2.24. The van der Waals surface area contributed by atoms with E-state index in [0.29, 0.717) is 12.2 Å². The van der Waals surface area contributed by atoms with Gasteiger partial charge in [0, 0.05) is 23.1 Å². The molecular weight excluding hydrogens is 298 g/mol. The van der Waals surface area contributed by atoms with Crippen LogP contribution in [0.5, 0.6) is 0 Å². The molecule has 0 saturated carbocycles. The first-order chi connectivity index (χ1) is 11.0. The third kappa shape index (κ3) is 7.48. The number of allylic oxidation sites excluding steroid dienone is 4. The minimum absolute atomic E-state index is 0.0211. The van der Waals surface area contributed by atoms with Crippen LogP contribution in [0.3, 0.4) is 0 Å². The SMILES string of the molecule is CCCC(C)(C)OCCC(C)(C)NC(=O)C1=CC=CC(C)(C)C=C1. The zero-order valence-electron chi connectivity index (χ0n) is 16.5. The smallest absolute Gasteiger partial charge is 0.251 e. The van der Waals surface area contributed by atoms with Crippen LogP contribution < -0.4 is 5.32 Å². The molecule has 3 nitrogen and oxygen atoms in total. The number of amides is 1. The van der Waals surface area contributed by atoms with Gasteiger partial charge < -0.3 is 10.1 Å². The topological polar surface area (TPSA) is 38.3 Å². The van der Waals surface area contributed by atoms with Crippen LogP contribution >= 0.6 is 0 Å². The quantitative estimate of drug-likeness (QED) is 0.683. The van der Waals surface area contributed by atoms with E-state index in [0.717, 1.165) is 19.3 Å². The van der Waals surface area contributed by atoms with Crippen molar-refractivity contribution in [2.24, 2.45) is 5.41 Å². The lowest BCUT2D eigenvalue weighted by Crippen LogP contribution is -2.45. The second kappa shape index (κ2) is 8.15. The zero-order chi connectivity index (χ0) is 18.4. The normalized spacial score (nSPS) is 17.4. The van der Waals surface area contributed by atoms with Crippen LogP contribution in [0, 0.1) is 5.41 Å². The highest BCUT2D eigenvalue weighted by atomic mass is 16.5. The first-order valence-corrected chi connectivity index (χ1v) is 9.02. The molecule has 1 amide bonds. The van der Waals surface area contributed by atoms with E-state index >= 15 is 0 Å². The Bertz CT molecular complexity index is 522. The molecule has 0 bridgehead atoms. The van der Waals surface area contributed by atoms with Gasteiger partial charge >= 0.3 is 0 Å². The summed E-state index contributed by atoms with van der Waals surface area (Å²) in [7, 11) is 0. The zero-order valence-corrected chi connectivity index (χ0v) is 16.5. The lowest BCUT2D eigenvalue weighted by atomic mass is 9.93. The molecule has 1 aliphatic carbocycles. The van der Waals surface area contributed by atoms with Gasteiger partial charge in [0.2, 0.25) is 0 Å². The van der Waals surface area contributed by atoms with Gasteiger partial charge in [0.15, 0.2) is 0 Å². The van der Waals surface area contributed by atoms with E-state index in [1.165, 1.54) is 0 Å². The van der Waals surface area contributed by atoms with Crippen molar-refractivity contribution in [1.29, 1.82) is 0 Å². The molecule has 1 aliphatic rings. The predicted molar refractivity (Wildman–Crippen MR) is 102 cm³/mol. The number of carbonyl (C=O) groups is 1. The Balaban J connectivity index is 2.56. The molecular formula is C21H35NO2. The Hall–Kier alpha value is -1.35. The van der Waals surface area contributed by atoms with Gasteiger partial charge in [0.05, 0.1) is 5.60 Å². The molecule has 0 aromatic heterocycles. The summed E-state index contributed by atoms with van der Waals surface area (Å²) < 4.78 is 5.99. The van der Waals surface area contributed by atoms with E-state index in [1.54, 1.807) is 0 Å². The average Bonchev–Trinajstić information content (AvgIpc) is 2.58. The number of nitrogens with one attached hydrogen (secondary N) is 1. The molecule has 0 heterocycles. The molecule has 136 valence electrons. The lowest BCUT2D eigenvalue weighted by Gasteiger charge is -2.30. The fraction of sp³-hybridized carbons (Fsp3) is 0.667. The summed E-state index contributed by atoms with van der Waals surface area (Å²) in [6.07, 6.45) is 12.8. The lowest BCUT2D eigenvalue weighted by molar-refractivity contribution is -0.119. The summed E-state index contributed by atoms with van der Waals surface area (Å²) in [5.41, 5.74) is 0.265. The fourth-order valence-electron chi connectivity index (χ4n) is 2.67. The van der Waals surface area contributed by atoms with Gasteiger partial charge in [-0.1, -0.05) is 51.5 Å². The molecule has 0 fully saturated rings. The van der Waals surface area contributed by atoms with E-state index < -0.39 is 0 Å². The average molecular weight is 334 g/mol. The van der Waals surface area contributed by atoms with E-state index in [2.05, 4.69) is 52.1 Å². The van der Waals surface area contributed by atoms with Gasteiger partial charge in [0.25, 0.3) is 5.91 Å². The van der Waals surface area contributed by atoms with Crippen molar-refractivity contribution in [1.82, 2.24) is 5.32 Å². The molecule has 0 aromatic rings. The Morgan fingerprint density at radius 1 is 1.17 bits per heavy atom. The maximum atomic E-state index is 12.5. The predicted octanol–water partition coefficient (Wildman–Crippen LogP) is 4.95. The number of hydrogen-bond acceptors (Lipinski definition) is 2. The summed E-state index contributed by atoms with van der Waals surface area (Å²) in [5.74, 6) is -0.0357. The van der Waals surface area contributed by atoms with Crippen molar-refractivity contribution >= 4 is 5.91 Å². The van der Waals surface area contributed by atoms with Crippen molar-refractivity contribution in [2.75, 3.05) is 6.61 Å². The van der Waals surface area contributed by atoms with Crippen molar-refractivity contribution in [3.63, 3.8) is 0 Å². The molecule has 3 heteroatoms. The van der Waals surface area contributed by atoms with Gasteiger partial charge in [-0.3, -0.25) is 4.79 Å². The Morgan fingerprint density at radius 2 is 1.83 bits per heavy atom. The van der Waals surface area contributed by atoms with E-state index in [9.17, 15) is 4.79 Å². The highest BCUT2D eigenvalue weighted by Crippen LogP contribution is 2.23. The van der Waals surface area contributed by atoms with Crippen molar-refractivity contribution < 1.29 is 9.53 Å². The standard InChI is InChI=1S/C21H35NO2/c1-8-12-21(6,7)24-16-15-20(4,5)22-18(23)17-10-9-13-19(2,3)14-11-17/h9-11,13-14H,8,12,15-16H2,1-7H3,(H,22,23). The summed E-state index contributed by atoms with van der Waals surface area (Å²) in [5, 5.41) is 3.13. The molecule has 0 radical (unpaired) electrons. The van der Waals surface area contributed by atoms with Gasteiger partial charge in [-0.15, -0.1) is 0 Å². The second-order valence-corrected chi connectivity index (χ2v) is 8.58. The van der Waals surface area contributed by atoms with Gasteiger partial charge in [-0.2, -0.15) is 0 Å². The number of rotatable bonds is 8. The van der Waals surface area contributed by atoms with Crippen molar-refractivity contribution in [2.45, 2.75) is 78.9 Å². The van der Waals surface area contributed by atoms with E-state index in [-0.39, 0.29) is 22.5 Å². The third-order valence-corrected chi connectivity index (χ3v) is 4.28. The van der Waals surface area contributed by atoms with Gasteiger partial charge in [-0.25, -0.2) is 0 Å². The van der Waals surface area contributed by atoms with Crippen LogP contribution in [0.25, 0.3) is 0 Å². The molecule has 0 unspecified atom stereocenters. The molecule has 0 atom stereocenters. The van der Waals surface area contributed by atoms with Crippen molar-refractivity contribution in [3.8, 4) is 0 Å². The van der Waals surface area contributed by atoms with Crippen LogP contribution in [-0.2, 0) is 9.53 Å². The number of carbonyl (C=O) groups excluding carboxylic acids is 1. The molecule has 0 aromatic carbocycles. The first-order valence-electron chi connectivity index (χ1n) is 9.02. The third-order valence-electron chi connectivity index (χ3n) is 4.28. The molecule has 0 aliphatic heterocycles. The van der Waals surface area contributed by atoms with Crippen molar-refractivity contribution in [3.05, 3.63) is 36.0 Å². The minimum Gasteiger partial charge on any atom is -0.375 e. The van der Waals surface area contributed by atoms with Crippen LogP contribution in [0.2, 0.25) is 0 Å². The fourth-order valence-corrected chi connectivity index (χ4v) is 2.67. The van der Waals surface area contributed by atoms with E-state index in [1.807, 2.05) is 32.1 Å². The summed E-state index contributed by atoms with van der Waals surface area (Å²) in [6.45, 7) is 15.4. The molecule has 1 rings (SSSR count). The van der Waals surface area contributed by atoms with Crippen LogP contribution in [0.1, 0.15) is 67.7 Å². The molecule has 1 N–H and O–H groups in total. The van der Waals surface area contributed by atoms with Crippen LogP contribution in [0.15, 0.2) is 36.0 Å². The van der Waals surface area contributed by atoms with Gasteiger partial charge in [0.1, 0.15) is 0 Å². The summed E-state index contributed by atoms with van der Waals surface area (Å²) in [6, 6.07) is 0. The Labute approximate surface area is 148 Å². The van der Waals surface area contributed by atoms with Gasteiger partial charge in [-0.05, 0) is 46.6 Å². The summed E-state index contributed by atoms with van der Waals surface area (Å²) >= 11 is 0. The molecule has 24 heavy (non-hydrogen) atoms.